The molecular weight excluding hydrogens is 378 g/mol. The molecule has 0 bridgehead atoms. The Morgan fingerprint density at radius 3 is 2.64 bits per heavy atom. The Labute approximate surface area is 165 Å². The highest BCUT2D eigenvalue weighted by molar-refractivity contribution is 7.89. The first kappa shape index (κ1) is 20.2. The molecule has 1 aliphatic rings. The Bertz CT molecular complexity index is 897. The zero-order chi connectivity index (χ0) is 20.0. The SMILES string of the molecule is Cc1cccc(N2CCN(S(=O)(=O)CCCNC(=O)c3cnccn3)CC2)c1. The Hall–Kier alpha value is -2.52. The summed E-state index contributed by atoms with van der Waals surface area (Å²) in [4.78, 5) is 21.8. The molecule has 1 fully saturated rings. The van der Waals surface area contributed by atoms with E-state index >= 15 is 0 Å². The maximum Gasteiger partial charge on any atom is 0.271 e. The van der Waals surface area contributed by atoms with Gasteiger partial charge >= 0.3 is 0 Å². The van der Waals surface area contributed by atoms with Gasteiger partial charge in [0.05, 0.1) is 11.9 Å². The van der Waals surface area contributed by atoms with E-state index in [2.05, 4.69) is 32.3 Å². The van der Waals surface area contributed by atoms with Crippen LogP contribution in [0.2, 0.25) is 0 Å². The van der Waals surface area contributed by atoms with E-state index in [0.717, 1.165) is 5.69 Å². The topological polar surface area (TPSA) is 95.5 Å². The quantitative estimate of drug-likeness (QED) is 0.695. The van der Waals surface area contributed by atoms with E-state index in [0.29, 0.717) is 32.6 Å². The van der Waals surface area contributed by atoms with Crippen molar-refractivity contribution in [1.82, 2.24) is 19.6 Å². The van der Waals surface area contributed by atoms with Crippen LogP contribution in [0.15, 0.2) is 42.9 Å². The van der Waals surface area contributed by atoms with Crippen molar-refractivity contribution >= 4 is 21.6 Å². The summed E-state index contributed by atoms with van der Waals surface area (Å²) in [6.45, 7) is 4.62. The van der Waals surface area contributed by atoms with Crippen LogP contribution in [0, 0.1) is 6.92 Å². The molecule has 9 heteroatoms. The van der Waals surface area contributed by atoms with Crippen LogP contribution in [-0.4, -0.2) is 67.1 Å². The first-order valence-electron chi connectivity index (χ1n) is 9.29. The molecule has 0 radical (unpaired) electrons. The van der Waals surface area contributed by atoms with Gasteiger partial charge in [-0.2, -0.15) is 4.31 Å². The van der Waals surface area contributed by atoms with Crippen LogP contribution in [0.1, 0.15) is 22.5 Å². The highest BCUT2D eigenvalue weighted by atomic mass is 32.2. The fraction of sp³-hybridized carbons (Fsp3) is 0.421. The van der Waals surface area contributed by atoms with Gasteiger partial charge in [0.15, 0.2) is 0 Å². The molecule has 28 heavy (non-hydrogen) atoms. The van der Waals surface area contributed by atoms with Gasteiger partial charge in [0, 0.05) is 50.8 Å². The monoisotopic (exact) mass is 403 g/mol. The van der Waals surface area contributed by atoms with Gasteiger partial charge in [-0.3, -0.25) is 9.78 Å². The molecule has 3 rings (SSSR count). The average Bonchev–Trinajstić information content (AvgIpc) is 2.72. The van der Waals surface area contributed by atoms with Crippen molar-refractivity contribution in [2.45, 2.75) is 13.3 Å². The second-order valence-electron chi connectivity index (χ2n) is 6.74. The fourth-order valence-corrected chi connectivity index (χ4v) is 4.63. The summed E-state index contributed by atoms with van der Waals surface area (Å²) in [5, 5.41) is 2.68. The van der Waals surface area contributed by atoms with Gasteiger partial charge < -0.3 is 10.2 Å². The molecular formula is C19H25N5O3S. The molecule has 0 atom stereocenters. The van der Waals surface area contributed by atoms with Gasteiger partial charge in [-0.15, -0.1) is 0 Å². The number of piperazine rings is 1. The van der Waals surface area contributed by atoms with E-state index in [1.54, 1.807) is 4.31 Å². The molecule has 1 aromatic carbocycles. The molecule has 0 unspecified atom stereocenters. The number of aryl methyl sites for hydroxylation is 1. The number of nitrogens with one attached hydrogen (secondary N) is 1. The lowest BCUT2D eigenvalue weighted by molar-refractivity contribution is 0.0948. The molecule has 1 N–H and O–H groups in total. The Kier molecular flexibility index (Phi) is 6.58. The standard InChI is InChI=1S/C19H25N5O3S/c1-16-4-2-5-17(14-16)23-9-11-24(12-10-23)28(26,27)13-3-6-22-19(25)18-15-20-7-8-21-18/h2,4-5,7-8,14-15H,3,6,9-13H2,1H3,(H,22,25). The number of sulfonamides is 1. The van der Waals surface area contributed by atoms with E-state index in [1.165, 1.54) is 24.2 Å². The zero-order valence-corrected chi connectivity index (χ0v) is 16.7. The second-order valence-corrected chi connectivity index (χ2v) is 8.83. The van der Waals surface area contributed by atoms with Gasteiger partial charge in [0.2, 0.25) is 10.0 Å². The molecule has 1 aliphatic heterocycles. The smallest absolute Gasteiger partial charge is 0.271 e. The molecule has 0 aliphatic carbocycles. The van der Waals surface area contributed by atoms with Crippen LogP contribution >= 0.6 is 0 Å². The predicted octanol–water partition coefficient (Wildman–Crippen LogP) is 1.06. The fourth-order valence-electron chi connectivity index (χ4n) is 3.14. The highest BCUT2D eigenvalue weighted by Crippen LogP contribution is 2.19. The first-order chi connectivity index (χ1) is 13.5. The number of amides is 1. The van der Waals surface area contributed by atoms with Gasteiger partial charge in [-0.25, -0.2) is 13.4 Å². The van der Waals surface area contributed by atoms with Crippen LogP contribution in [0.4, 0.5) is 5.69 Å². The number of rotatable bonds is 7. The first-order valence-corrected chi connectivity index (χ1v) is 10.9. The van der Waals surface area contributed by atoms with E-state index in [4.69, 9.17) is 0 Å². The maximum absolute atomic E-state index is 12.6. The van der Waals surface area contributed by atoms with E-state index in [9.17, 15) is 13.2 Å². The van der Waals surface area contributed by atoms with Crippen LogP contribution < -0.4 is 10.2 Å². The molecule has 0 spiro atoms. The summed E-state index contributed by atoms with van der Waals surface area (Å²) in [6.07, 6.45) is 4.66. The predicted molar refractivity (Wildman–Crippen MR) is 108 cm³/mol. The normalized spacial score (nSPS) is 15.4. The summed E-state index contributed by atoms with van der Waals surface area (Å²) >= 11 is 0. The van der Waals surface area contributed by atoms with Crippen molar-refractivity contribution < 1.29 is 13.2 Å². The lowest BCUT2D eigenvalue weighted by Crippen LogP contribution is -2.49. The molecule has 1 aromatic heterocycles. The minimum Gasteiger partial charge on any atom is -0.369 e. The zero-order valence-electron chi connectivity index (χ0n) is 15.9. The average molecular weight is 404 g/mol. The Balaban J connectivity index is 1.43. The number of nitrogens with zero attached hydrogens (tertiary/aromatic N) is 4. The minimum atomic E-state index is -3.33. The highest BCUT2D eigenvalue weighted by Gasteiger charge is 2.26. The number of benzene rings is 1. The van der Waals surface area contributed by atoms with E-state index < -0.39 is 10.0 Å². The van der Waals surface area contributed by atoms with Gasteiger partial charge in [-0.1, -0.05) is 12.1 Å². The molecule has 0 saturated carbocycles. The molecule has 2 heterocycles. The molecule has 8 nitrogen and oxygen atoms in total. The Morgan fingerprint density at radius 2 is 1.96 bits per heavy atom. The van der Waals surface area contributed by atoms with Gasteiger partial charge in [0.25, 0.3) is 5.91 Å². The summed E-state index contributed by atoms with van der Waals surface area (Å²) in [6, 6.07) is 8.23. The second kappa shape index (κ2) is 9.11. The molecule has 1 saturated heterocycles. The molecule has 150 valence electrons. The van der Waals surface area contributed by atoms with Crippen molar-refractivity contribution in [3.8, 4) is 0 Å². The van der Waals surface area contributed by atoms with Crippen molar-refractivity contribution in [3.05, 3.63) is 54.1 Å². The van der Waals surface area contributed by atoms with Crippen LogP contribution in [0.25, 0.3) is 0 Å². The van der Waals surface area contributed by atoms with Crippen LogP contribution in [0.3, 0.4) is 0 Å². The van der Waals surface area contributed by atoms with Crippen LogP contribution in [-0.2, 0) is 10.0 Å². The Morgan fingerprint density at radius 1 is 1.18 bits per heavy atom. The lowest BCUT2D eigenvalue weighted by Gasteiger charge is -2.35. The number of hydrogen-bond donors (Lipinski definition) is 1. The molecule has 1 amide bonds. The largest absolute Gasteiger partial charge is 0.369 e. The van der Waals surface area contributed by atoms with Crippen molar-refractivity contribution in [1.29, 1.82) is 0 Å². The van der Waals surface area contributed by atoms with Gasteiger partial charge in [-0.05, 0) is 31.0 Å². The summed E-state index contributed by atoms with van der Waals surface area (Å²) in [7, 11) is -3.33. The number of aromatic nitrogens is 2. The van der Waals surface area contributed by atoms with Crippen molar-refractivity contribution in [2.24, 2.45) is 0 Å². The number of anilines is 1. The van der Waals surface area contributed by atoms with Crippen molar-refractivity contribution in [3.63, 3.8) is 0 Å². The van der Waals surface area contributed by atoms with Gasteiger partial charge in [0.1, 0.15) is 5.69 Å². The van der Waals surface area contributed by atoms with Crippen molar-refractivity contribution in [2.75, 3.05) is 43.4 Å². The summed E-state index contributed by atoms with van der Waals surface area (Å²) < 4.78 is 26.7. The maximum atomic E-state index is 12.6. The minimum absolute atomic E-state index is 0.0121. The lowest BCUT2D eigenvalue weighted by atomic mass is 10.2. The third-order valence-corrected chi connectivity index (χ3v) is 6.62. The summed E-state index contributed by atoms with van der Waals surface area (Å²) in [5.41, 5.74) is 2.54. The van der Waals surface area contributed by atoms with E-state index in [-0.39, 0.29) is 23.9 Å². The number of carbonyl (C=O) groups is 1. The molecule has 2 aromatic rings. The number of hydrogen-bond acceptors (Lipinski definition) is 6. The van der Waals surface area contributed by atoms with Crippen LogP contribution in [0.5, 0.6) is 0 Å². The van der Waals surface area contributed by atoms with E-state index in [1.807, 2.05) is 19.1 Å². The third kappa shape index (κ3) is 5.26. The number of carbonyl (C=O) groups excluding carboxylic acids is 1. The summed E-state index contributed by atoms with van der Waals surface area (Å²) in [5.74, 6) is -0.338. The third-order valence-electron chi connectivity index (χ3n) is 4.66.